The highest BCUT2D eigenvalue weighted by molar-refractivity contribution is 7.89. The van der Waals surface area contributed by atoms with Crippen molar-refractivity contribution in [3.8, 4) is 0 Å². The summed E-state index contributed by atoms with van der Waals surface area (Å²) in [6.45, 7) is 0.949. The van der Waals surface area contributed by atoms with E-state index in [4.69, 9.17) is 0 Å². The first-order chi connectivity index (χ1) is 12.9. The fourth-order valence-corrected chi connectivity index (χ4v) is 5.34. The lowest BCUT2D eigenvalue weighted by Crippen LogP contribution is -2.38. The molecule has 2 heterocycles. The molecule has 2 aliphatic rings. The van der Waals surface area contributed by atoms with Crippen LogP contribution < -0.4 is 5.32 Å². The molecule has 7 heteroatoms. The molecule has 2 aromatic rings. The molecule has 1 saturated heterocycles. The van der Waals surface area contributed by atoms with Crippen molar-refractivity contribution in [2.45, 2.75) is 30.6 Å². The summed E-state index contributed by atoms with van der Waals surface area (Å²) in [5.74, 6) is 0.0378. The van der Waals surface area contributed by atoms with E-state index >= 15 is 0 Å². The van der Waals surface area contributed by atoms with Crippen LogP contribution in [0.4, 0.5) is 10.1 Å². The summed E-state index contributed by atoms with van der Waals surface area (Å²) in [5, 5.41) is 2.72. The maximum atomic E-state index is 13.0. The number of halogens is 1. The molecule has 0 aliphatic carbocycles. The first-order valence-corrected chi connectivity index (χ1v) is 10.5. The lowest BCUT2D eigenvalue weighted by molar-refractivity contribution is -0.115. The first kappa shape index (κ1) is 18.1. The maximum absolute atomic E-state index is 13.0. The number of amides is 1. The molecule has 0 unspecified atom stereocenters. The molecule has 27 heavy (non-hydrogen) atoms. The van der Waals surface area contributed by atoms with E-state index < -0.39 is 10.0 Å². The van der Waals surface area contributed by atoms with Gasteiger partial charge in [0.05, 0.1) is 11.3 Å². The molecule has 0 atom stereocenters. The van der Waals surface area contributed by atoms with Gasteiger partial charge in [0.1, 0.15) is 5.82 Å². The molecule has 0 spiro atoms. The summed E-state index contributed by atoms with van der Waals surface area (Å²) in [6.07, 6.45) is 2.61. The van der Waals surface area contributed by atoms with E-state index in [9.17, 15) is 17.6 Å². The second-order valence-electron chi connectivity index (χ2n) is 7.22. The lowest BCUT2D eigenvalue weighted by Gasteiger charge is -2.31. The van der Waals surface area contributed by atoms with Gasteiger partial charge in [0.15, 0.2) is 0 Å². The third kappa shape index (κ3) is 3.75. The fourth-order valence-electron chi connectivity index (χ4n) is 3.82. The molecule has 0 radical (unpaired) electrons. The molecular weight excluding hydrogens is 367 g/mol. The first-order valence-electron chi connectivity index (χ1n) is 9.09. The number of anilines is 1. The molecule has 0 aromatic heterocycles. The highest BCUT2D eigenvalue weighted by Gasteiger charge is 2.30. The molecule has 142 valence electrons. The molecule has 4 rings (SSSR count). The van der Waals surface area contributed by atoms with Crippen molar-refractivity contribution in [2.75, 3.05) is 18.4 Å². The van der Waals surface area contributed by atoms with Gasteiger partial charge < -0.3 is 5.32 Å². The molecule has 0 bridgehead atoms. The molecule has 2 aliphatic heterocycles. The van der Waals surface area contributed by atoms with Gasteiger partial charge in [-0.3, -0.25) is 4.79 Å². The summed E-state index contributed by atoms with van der Waals surface area (Å²) < 4.78 is 40.4. The zero-order valence-corrected chi connectivity index (χ0v) is 15.6. The second-order valence-corrected chi connectivity index (χ2v) is 9.16. The Morgan fingerprint density at radius 2 is 1.78 bits per heavy atom. The minimum absolute atomic E-state index is 0.110. The van der Waals surface area contributed by atoms with E-state index in [1.54, 1.807) is 30.3 Å². The Bertz CT molecular complexity index is 965. The Morgan fingerprint density at radius 1 is 1.07 bits per heavy atom. The quantitative estimate of drug-likeness (QED) is 0.876. The number of hydrogen-bond donors (Lipinski definition) is 1. The smallest absolute Gasteiger partial charge is 0.243 e. The van der Waals surface area contributed by atoms with Crippen LogP contribution in [-0.4, -0.2) is 31.7 Å². The van der Waals surface area contributed by atoms with E-state index in [1.807, 2.05) is 0 Å². The number of carbonyl (C=O) groups excluding carboxylic acids is 1. The number of piperidine rings is 1. The number of nitrogens with zero attached hydrogens (tertiary/aromatic N) is 1. The lowest BCUT2D eigenvalue weighted by atomic mass is 9.91. The van der Waals surface area contributed by atoms with Gasteiger partial charge in [-0.1, -0.05) is 12.1 Å². The van der Waals surface area contributed by atoms with E-state index in [-0.39, 0.29) is 23.0 Å². The Labute approximate surface area is 158 Å². The van der Waals surface area contributed by atoms with E-state index in [2.05, 4.69) is 5.32 Å². The van der Waals surface area contributed by atoms with Crippen LogP contribution in [0.2, 0.25) is 0 Å². The Hall–Kier alpha value is -2.25. The summed E-state index contributed by atoms with van der Waals surface area (Å²) in [6, 6.07) is 11.3. The zero-order chi connectivity index (χ0) is 19.0. The zero-order valence-electron chi connectivity index (χ0n) is 14.8. The normalized spacial score (nSPS) is 18.3. The molecule has 0 saturated carbocycles. The van der Waals surface area contributed by atoms with Crippen LogP contribution in [0.3, 0.4) is 0 Å². The predicted molar refractivity (Wildman–Crippen MR) is 100 cm³/mol. The van der Waals surface area contributed by atoms with Crippen molar-refractivity contribution in [1.29, 1.82) is 0 Å². The number of fused-ring (bicyclic) bond motifs is 1. The topological polar surface area (TPSA) is 66.5 Å². The SMILES string of the molecule is O=C1Cc2cc(S(=O)(=O)N3CCC(Cc4ccc(F)cc4)CC3)ccc2N1. The highest BCUT2D eigenvalue weighted by Crippen LogP contribution is 2.30. The van der Waals surface area contributed by atoms with Crippen LogP contribution in [-0.2, 0) is 27.7 Å². The van der Waals surface area contributed by atoms with Crippen molar-refractivity contribution in [2.24, 2.45) is 5.92 Å². The minimum Gasteiger partial charge on any atom is -0.326 e. The van der Waals surface area contributed by atoms with Crippen molar-refractivity contribution in [3.05, 3.63) is 59.4 Å². The highest BCUT2D eigenvalue weighted by atomic mass is 32.2. The van der Waals surface area contributed by atoms with E-state index in [1.165, 1.54) is 16.4 Å². The molecular formula is C20H21FN2O3S. The van der Waals surface area contributed by atoms with E-state index in [0.717, 1.165) is 30.4 Å². The summed E-state index contributed by atoms with van der Waals surface area (Å²) in [5.41, 5.74) is 2.50. The molecule has 2 aromatic carbocycles. The van der Waals surface area contributed by atoms with Gasteiger partial charge in [0.2, 0.25) is 15.9 Å². The number of hydrogen-bond acceptors (Lipinski definition) is 3. The third-order valence-electron chi connectivity index (χ3n) is 5.35. The van der Waals surface area contributed by atoms with Crippen molar-refractivity contribution >= 4 is 21.6 Å². The molecule has 1 amide bonds. The summed E-state index contributed by atoms with van der Waals surface area (Å²) >= 11 is 0. The Morgan fingerprint density at radius 3 is 2.48 bits per heavy atom. The van der Waals surface area contributed by atoms with Gasteiger partial charge in [-0.15, -0.1) is 0 Å². The predicted octanol–water partition coefficient (Wildman–Crippen LogP) is 2.96. The molecule has 1 fully saturated rings. The van der Waals surface area contributed by atoms with Gasteiger partial charge in [0.25, 0.3) is 0 Å². The van der Waals surface area contributed by atoms with E-state index in [0.29, 0.717) is 24.7 Å². The number of benzene rings is 2. The van der Waals surface area contributed by atoms with Crippen molar-refractivity contribution < 1.29 is 17.6 Å². The third-order valence-corrected chi connectivity index (χ3v) is 7.25. The van der Waals surface area contributed by atoms with Crippen molar-refractivity contribution in [1.82, 2.24) is 4.31 Å². The maximum Gasteiger partial charge on any atom is 0.243 e. The minimum atomic E-state index is -3.56. The number of sulfonamides is 1. The van der Waals surface area contributed by atoms with Crippen LogP contribution in [0.15, 0.2) is 47.4 Å². The largest absolute Gasteiger partial charge is 0.326 e. The molecule has 5 nitrogen and oxygen atoms in total. The van der Waals surface area contributed by atoms with Gasteiger partial charge in [0, 0.05) is 18.8 Å². The number of nitrogens with one attached hydrogen (secondary N) is 1. The van der Waals surface area contributed by atoms with Crippen LogP contribution in [0, 0.1) is 11.7 Å². The van der Waals surface area contributed by atoms with Gasteiger partial charge in [-0.2, -0.15) is 4.31 Å². The number of carbonyl (C=O) groups is 1. The average Bonchev–Trinajstić information content (AvgIpc) is 3.03. The van der Waals surface area contributed by atoms with Crippen LogP contribution in [0.1, 0.15) is 24.0 Å². The average molecular weight is 388 g/mol. The fraction of sp³-hybridized carbons (Fsp3) is 0.350. The van der Waals surface area contributed by atoms with Crippen LogP contribution in [0.25, 0.3) is 0 Å². The number of rotatable bonds is 4. The van der Waals surface area contributed by atoms with Crippen LogP contribution in [0.5, 0.6) is 0 Å². The Kier molecular flexibility index (Phi) is 4.74. The molecule has 1 N–H and O–H groups in total. The summed E-state index contributed by atoms with van der Waals surface area (Å²) in [4.78, 5) is 11.7. The second kappa shape index (κ2) is 7.05. The van der Waals surface area contributed by atoms with Crippen LogP contribution >= 0.6 is 0 Å². The van der Waals surface area contributed by atoms with Crippen molar-refractivity contribution in [3.63, 3.8) is 0 Å². The van der Waals surface area contributed by atoms with Gasteiger partial charge in [-0.25, -0.2) is 12.8 Å². The van der Waals surface area contributed by atoms with Gasteiger partial charge in [-0.05, 0) is 66.6 Å². The monoisotopic (exact) mass is 388 g/mol. The Balaban J connectivity index is 1.42. The summed E-state index contributed by atoms with van der Waals surface area (Å²) in [7, 11) is -3.56. The van der Waals surface area contributed by atoms with Gasteiger partial charge >= 0.3 is 0 Å². The standard InChI is InChI=1S/C20H21FN2O3S/c21-17-3-1-14(2-4-17)11-15-7-9-23(10-8-15)27(25,26)18-5-6-19-16(12-18)13-20(24)22-19/h1-6,12,15H,7-11,13H2,(H,22,24).